The molecule has 0 saturated carbocycles. The summed E-state index contributed by atoms with van der Waals surface area (Å²) in [6.07, 6.45) is 1.26. The Bertz CT molecular complexity index is 387. The minimum absolute atomic E-state index is 0.137. The van der Waals surface area contributed by atoms with Crippen molar-refractivity contribution in [3.63, 3.8) is 0 Å². The third kappa shape index (κ3) is 3.66. The van der Waals surface area contributed by atoms with Gasteiger partial charge in [-0.05, 0) is 19.1 Å². The Labute approximate surface area is 92.5 Å². The SMILES string of the molecule is C[C@@H](N)C(=O)Nc1ccc(CC(=O)O)nc1. The van der Waals surface area contributed by atoms with Gasteiger partial charge in [0.25, 0.3) is 0 Å². The average molecular weight is 223 g/mol. The van der Waals surface area contributed by atoms with Crippen molar-refractivity contribution in [1.29, 1.82) is 0 Å². The number of pyridine rings is 1. The highest BCUT2D eigenvalue weighted by molar-refractivity contribution is 5.94. The molecule has 0 radical (unpaired) electrons. The van der Waals surface area contributed by atoms with Gasteiger partial charge in [0, 0.05) is 0 Å². The summed E-state index contributed by atoms with van der Waals surface area (Å²) in [6.45, 7) is 1.57. The topological polar surface area (TPSA) is 105 Å². The van der Waals surface area contributed by atoms with Crippen molar-refractivity contribution in [2.45, 2.75) is 19.4 Å². The van der Waals surface area contributed by atoms with Gasteiger partial charge in [-0.2, -0.15) is 0 Å². The summed E-state index contributed by atoms with van der Waals surface area (Å²) < 4.78 is 0. The van der Waals surface area contributed by atoms with Gasteiger partial charge in [-0.15, -0.1) is 0 Å². The summed E-state index contributed by atoms with van der Waals surface area (Å²) in [4.78, 5) is 25.5. The van der Waals surface area contributed by atoms with E-state index in [1.165, 1.54) is 6.20 Å². The Balaban J connectivity index is 2.64. The summed E-state index contributed by atoms with van der Waals surface area (Å²) >= 11 is 0. The molecule has 1 atom stereocenters. The van der Waals surface area contributed by atoms with Gasteiger partial charge in [0.05, 0.1) is 30.0 Å². The molecule has 6 heteroatoms. The van der Waals surface area contributed by atoms with Gasteiger partial charge in [-0.3, -0.25) is 14.6 Å². The second-order valence-corrected chi connectivity index (χ2v) is 3.39. The van der Waals surface area contributed by atoms with Crippen molar-refractivity contribution in [2.24, 2.45) is 5.73 Å². The van der Waals surface area contributed by atoms with Crippen LogP contribution in [0.5, 0.6) is 0 Å². The first-order chi connectivity index (χ1) is 7.49. The van der Waals surface area contributed by atoms with Crippen LogP contribution in [0.1, 0.15) is 12.6 Å². The lowest BCUT2D eigenvalue weighted by Crippen LogP contribution is -2.32. The molecule has 0 fully saturated rings. The number of nitrogens with two attached hydrogens (primary N) is 1. The number of carboxylic acid groups (broad SMARTS) is 1. The number of nitrogens with zero attached hydrogens (tertiary/aromatic N) is 1. The van der Waals surface area contributed by atoms with Crippen molar-refractivity contribution in [2.75, 3.05) is 5.32 Å². The Hall–Kier alpha value is -1.95. The van der Waals surface area contributed by atoms with E-state index in [0.29, 0.717) is 11.4 Å². The monoisotopic (exact) mass is 223 g/mol. The van der Waals surface area contributed by atoms with E-state index in [4.69, 9.17) is 10.8 Å². The predicted octanol–water partition coefficient (Wildman–Crippen LogP) is -0.00560. The summed E-state index contributed by atoms with van der Waals surface area (Å²) in [6, 6.07) is 2.54. The quantitative estimate of drug-likeness (QED) is 0.666. The van der Waals surface area contributed by atoms with Crippen LogP contribution in [-0.2, 0) is 16.0 Å². The fourth-order valence-electron chi connectivity index (χ4n) is 1.01. The summed E-state index contributed by atoms with van der Waals surface area (Å²) in [5.41, 5.74) is 6.30. The summed E-state index contributed by atoms with van der Waals surface area (Å²) in [7, 11) is 0. The number of amides is 1. The lowest BCUT2D eigenvalue weighted by molar-refractivity contribution is -0.136. The number of nitrogens with one attached hydrogen (secondary N) is 1. The molecule has 4 N–H and O–H groups in total. The number of aromatic nitrogens is 1. The minimum Gasteiger partial charge on any atom is -0.481 e. The third-order valence-corrected chi connectivity index (χ3v) is 1.84. The first kappa shape index (κ1) is 12.1. The third-order valence-electron chi connectivity index (χ3n) is 1.84. The number of aliphatic carboxylic acids is 1. The van der Waals surface area contributed by atoms with Gasteiger partial charge in [0.15, 0.2) is 0 Å². The molecule has 1 amide bonds. The summed E-state index contributed by atoms with van der Waals surface area (Å²) in [5.74, 6) is -1.26. The Morgan fingerprint density at radius 1 is 1.56 bits per heavy atom. The molecule has 0 aliphatic carbocycles. The van der Waals surface area contributed by atoms with Crippen LogP contribution < -0.4 is 11.1 Å². The summed E-state index contributed by atoms with van der Waals surface area (Å²) in [5, 5.41) is 11.1. The first-order valence-electron chi connectivity index (χ1n) is 4.72. The molecule has 1 rings (SSSR count). The van der Waals surface area contributed by atoms with Crippen LogP contribution in [0.25, 0.3) is 0 Å². The maximum Gasteiger partial charge on any atom is 0.309 e. The van der Waals surface area contributed by atoms with Crippen molar-refractivity contribution >= 4 is 17.6 Å². The highest BCUT2D eigenvalue weighted by Crippen LogP contribution is 2.06. The molecule has 16 heavy (non-hydrogen) atoms. The molecule has 0 saturated heterocycles. The van der Waals surface area contributed by atoms with Gasteiger partial charge in [0.1, 0.15) is 0 Å². The second kappa shape index (κ2) is 5.22. The minimum atomic E-state index is -0.945. The van der Waals surface area contributed by atoms with Gasteiger partial charge < -0.3 is 16.2 Å². The van der Waals surface area contributed by atoms with Crippen LogP contribution in [0.3, 0.4) is 0 Å². The standard InChI is InChI=1S/C10H13N3O3/c1-6(11)10(16)13-8-3-2-7(12-5-8)4-9(14)15/h2-3,5-6H,4,11H2,1H3,(H,13,16)(H,14,15)/t6-/m1/s1. The fraction of sp³-hybridized carbons (Fsp3) is 0.300. The fourth-order valence-corrected chi connectivity index (χ4v) is 1.01. The molecule has 0 aromatic carbocycles. The highest BCUT2D eigenvalue weighted by Gasteiger charge is 2.08. The van der Waals surface area contributed by atoms with Crippen LogP contribution in [0, 0.1) is 0 Å². The number of carbonyl (C=O) groups excluding carboxylic acids is 1. The normalized spacial score (nSPS) is 11.9. The number of hydrogen-bond acceptors (Lipinski definition) is 4. The lowest BCUT2D eigenvalue weighted by Gasteiger charge is -2.07. The van der Waals surface area contributed by atoms with E-state index >= 15 is 0 Å². The lowest BCUT2D eigenvalue weighted by atomic mass is 10.2. The van der Waals surface area contributed by atoms with Gasteiger partial charge in [-0.1, -0.05) is 0 Å². The molecule has 0 spiro atoms. The number of carbonyl (C=O) groups is 2. The Kier molecular flexibility index (Phi) is 3.96. The van der Waals surface area contributed by atoms with E-state index in [0.717, 1.165) is 0 Å². The van der Waals surface area contributed by atoms with Crippen LogP contribution in [0.4, 0.5) is 5.69 Å². The molecular formula is C10H13N3O3. The van der Waals surface area contributed by atoms with E-state index in [2.05, 4.69) is 10.3 Å². The van der Waals surface area contributed by atoms with Crippen LogP contribution in [-0.4, -0.2) is 28.0 Å². The van der Waals surface area contributed by atoms with Crippen LogP contribution >= 0.6 is 0 Å². The van der Waals surface area contributed by atoms with Gasteiger partial charge in [0.2, 0.25) is 5.91 Å². The molecule has 1 heterocycles. The second-order valence-electron chi connectivity index (χ2n) is 3.39. The zero-order valence-electron chi connectivity index (χ0n) is 8.80. The predicted molar refractivity (Wildman–Crippen MR) is 57.9 cm³/mol. The maximum atomic E-state index is 11.2. The first-order valence-corrected chi connectivity index (χ1v) is 4.72. The molecule has 0 aliphatic heterocycles. The van der Waals surface area contributed by atoms with Crippen molar-refractivity contribution in [3.8, 4) is 0 Å². The Morgan fingerprint density at radius 3 is 2.69 bits per heavy atom. The molecule has 0 aliphatic rings. The number of rotatable bonds is 4. The van der Waals surface area contributed by atoms with Gasteiger partial charge in [-0.25, -0.2) is 0 Å². The number of carboxylic acids is 1. The molecule has 86 valence electrons. The maximum absolute atomic E-state index is 11.2. The molecule has 1 aromatic heterocycles. The van der Waals surface area contributed by atoms with E-state index in [1.54, 1.807) is 19.1 Å². The average Bonchev–Trinajstić information content (AvgIpc) is 2.20. The number of hydrogen-bond donors (Lipinski definition) is 3. The van der Waals surface area contributed by atoms with Gasteiger partial charge >= 0.3 is 5.97 Å². The van der Waals surface area contributed by atoms with Crippen LogP contribution in [0.15, 0.2) is 18.3 Å². The number of anilines is 1. The van der Waals surface area contributed by atoms with Crippen molar-refractivity contribution < 1.29 is 14.7 Å². The van der Waals surface area contributed by atoms with Crippen LogP contribution in [0.2, 0.25) is 0 Å². The molecule has 0 unspecified atom stereocenters. The van der Waals surface area contributed by atoms with Crippen molar-refractivity contribution in [3.05, 3.63) is 24.0 Å². The molecule has 0 bridgehead atoms. The molecular weight excluding hydrogens is 210 g/mol. The molecule has 6 nitrogen and oxygen atoms in total. The van der Waals surface area contributed by atoms with Crippen molar-refractivity contribution in [1.82, 2.24) is 4.98 Å². The molecule has 1 aromatic rings. The zero-order chi connectivity index (χ0) is 12.1. The zero-order valence-corrected chi connectivity index (χ0v) is 8.80. The van der Waals surface area contributed by atoms with E-state index in [-0.39, 0.29) is 12.3 Å². The Morgan fingerprint density at radius 2 is 2.25 bits per heavy atom. The van der Waals surface area contributed by atoms with E-state index in [1.807, 2.05) is 0 Å². The smallest absolute Gasteiger partial charge is 0.309 e. The highest BCUT2D eigenvalue weighted by atomic mass is 16.4. The van der Waals surface area contributed by atoms with E-state index in [9.17, 15) is 9.59 Å². The largest absolute Gasteiger partial charge is 0.481 e. The van der Waals surface area contributed by atoms with E-state index < -0.39 is 12.0 Å².